The van der Waals surface area contributed by atoms with Gasteiger partial charge in [-0.3, -0.25) is 9.78 Å². The standard InChI is InChI=1S/C17H23N5O.2ClH/c1-18-8-3-14-5-11-21(12-6-14)17(23)16-13-15(4-9-19-16)22-10-2-7-20-22;;/h2,4,7,9-10,13-14,18H,3,5-6,8,11-12H2,1H3;2*1H. The fraction of sp³-hybridized carbons (Fsp3) is 0.471. The molecule has 0 atom stereocenters. The van der Waals surface area contributed by atoms with Gasteiger partial charge in [-0.1, -0.05) is 0 Å². The third kappa shape index (κ3) is 5.42. The first-order valence-electron chi connectivity index (χ1n) is 8.18. The molecule has 3 heterocycles. The first kappa shape index (κ1) is 21.4. The Bertz CT molecular complexity index is 642. The summed E-state index contributed by atoms with van der Waals surface area (Å²) < 4.78 is 1.74. The Morgan fingerprint density at radius 1 is 1.28 bits per heavy atom. The number of piperidine rings is 1. The third-order valence-corrected chi connectivity index (χ3v) is 4.44. The lowest BCUT2D eigenvalue weighted by atomic mass is 9.93. The van der Waals surface area contributed by atoms with Crippen molar-refractivity contribution in [2.24, 2.45) is 5.92 Å². The highest BCUT2D eigenvalue weighted by Gasteiger charge is 2.24. The highest BCUT2D eigenvalue weighted by atomic mass is 35.5. The average molecular weight is 386 g/mol. The van der Waals surface area contributed by atoms with Crippen molar-refractivity contribution in [2.45, 2.75) is 19.3 Å². The molecule has 1 aliphatic heterocycles. The van der Waals surface area contributed by atoms with Gasteiger partial charge in [0.15, 0.2) is 0 Å². The zero-order valence-electron chi connectivity index (χ0n) is 14.3. The zero-order chi connectivity index (χ0) is 16.1. The number of likely N-dealkylation sites (tertiary alicyclic amines) is 1. The fourth-order valence-corrected chi connectivity index (χ4v) is 3.04. The minimum atomic E-state index is 0. The quantitative estimate of drug-likeness (QED) is 0.858. The molecule has 3 rings (SSSR count). The van der Waals surface area contributed by atoms with E-state index in [-0.39, 0.29) is 30.7 Å². The number of carbonyl (C=O) groups is 1. The molecule has 138 valence electrons. The largest absolute Gasteiger partial charge is 0.337 e. The maximum absolute atomic E-state index is 12.7. The molecular formula is C17H25Cl2N5O. The molecule has 0 spiro atoms. The molecule has 0 bridgehead atoms. The Morgan fingerprint density at radius 2 is 2.04 bits per heavy atom. The number of aromatic nitrogens is 3. The Labute approximate surface area is 160 Å². The van der Waals surface area contributed by atoms with Crippen molar-refractivity contribution in [2.75, 3.05) is 26.7 Å². The lowest BCUT2D eigenvalue weighted by Crippen LogP contribution is -2.39. The topological polar surface area (TPSA) is 63.1 Å². The first-order chi connectivity index (χ1) is 11.3. The second-order valence-electron chi connectivity index (χ2n) is 5.98. The van der Waals surface area contributed by atoms with Gasteiger partial charge in [-0.25, -0.2) is 4.68 Å². The van der Waals surface area contributed by atoms with E-state index in [0.717, 1.165) is 44.1 Å². The smallest absolute Gasteiger partial charge is 0.272 e. The van der Waals surface area contributed by atoms with E-state index in [4.69, 9.17) is 0 Å². The van der Waals surface area contributed by atoms with Crippen molar-refractivity contribution in [1.29, 1.82) is 0 Å². The predicted octanol–water partition coefficient (Wildman–Crippen LogP) is 2.57. The Balaban J connectivity index is 0.00000156. The molecule has 1 N–H and O–H groups in total. The number of nitrogens with zero attached hydrogens (tertiary/aromatic N) is 4. The van der Waals surface area contributed by atoms with Crippen LogP contribution in [0, 0.1) is 5.92 Å². The summed E-state index contributed by atoms with van der Waals surface area (Å²) in [6, 6.07) is 5.52. The summed E-state index contributed by atoms with van der Waals surface area (Å²) in [5, 5.41) is 7.39. The van der Waals surface area contributed by atoms with Gasteiger partial charge in [0.25, 0.3) is 5.91 Å². The van der Waals surface area contributed by atoms with Gasteiger partial charge < -0.3 is 10.2 Å². The highest BCUT2D eigenvalue weighted by molar-refractivity contribution is 5.92. The molecule has 2 aromatic rings. The predicted molar refractivity (Wildman–Crippen MR) is 103 cm³/mol. The number of pyridine rings is 1. The zero-order valence-corrected chi connectivity index (χ0v) is 15.9. The molecule has 0 aliphatic carbocycles. The van der Waals surface area contributed by atoms with Gasteiger partial charge in [-0.05, 0) is 57.0 Å². The number of halogens is 2. The van der Waals surface area contributed by atoms with Crippen LogP contribution in [0.5, 0.6) is 0 Å². The van der Waals surface area contributed by atoms with E-state index in [2.05, 4.69) is 15.4 Å². The summed E-state index contributed by atoms with van der Waals surface area (Å²) in [7, 11) is 1.98. The molecule has 8 heteroatoms. The van der Waals surface area contributed by atoms with E-state index in [1.165, 1.54) is 6.42 Å². The summed E-state index contributed by atoms with van der Waals surface area (Å²) in [6.45, 7) is 2.69. The Hall–Kier alpha value is -1.63. The molecule has 1 aliphatic rings. The van der Waals surface area contributed by atoms with Crippen molar-refractivity contribution in [3.8, 4) is 5.69 Å². The summed E-state index contributed by atoms with van der Waals surface area (Å²) in [6.07, 6.45) is 8.59. The second kappa shape index (κ2) is 10.4. The van der Waals surface area contributed by atoms with Crippen molar-refractivity contribution in [1.82, 2.24) is 25.0 Å². The first-order valence-corrected chi connectivity index (χ1v) is 8.18. The van der Waals surface area contributed by atoms with Crippen molar-refractivity contribution in [3.05, 3.63) is 42.5 Å². The van der Waals surface area contributed by atoms with Crippen LogP contribution in [-0.2, 0) is 0 Å². The summed E-state index contributed by atoms with van der Waals surface area (Å²) >= 11 is 0. The number of rotatable bonds is 5. The molecular weight excluding hydrogens is 361 g/mol. The normalized spacial score (nSPS) is 14.5. The number of hydrogen-bond acceptors (Lipinski definition) is 4. The number of hydrogen-bond donors (Lipinski definition) is 1. The SMILES string of the molecule is CNCCC1CCN(C(=O)c2cc(-n3cccn3)ccn2)CC1.Cl.Cl. The molecule has 1 fully saturated rings. The number of carbonyl (C=O) groups excluding carboxylic acids is 1. The van der Waals surface area contributed by atoms with E-state index in [1.807, 2.05) is 36.3 Å². The molecule has 0 radical (unpaired) electrons. The molecule has 2 aromatic heterocycles. The molecule has 0 saturated carbocycles. The van der Waals surface area contributed by atoms with Gasteiger partial charge in [0.2, 0.25) is 0 Å². The lowest BCUT2D eigenvalue weighted by molar-refractivity contribution is 0.0681. The molecule has 1 saturated heterocycles. The van der Waals surface area contributed by atoms with Crippen LogP contribution < -0.4 is 5.32 Å². The fourth-order valence-electron chi connectivity index (χ4n) is 3.04. The molecule has 25 heavy (non-hydrogen) atoms. The summed E-state index contributed by atoms with van der Waals surface area (Å²) in [5.41, 5.74) is 1.35. The van der Waals surface area contributed by atoms with E-state index in [1.54, 1.807) is 17.1 Å². The molecule has 0 aromatic carbocycles. The minimum absolute atomic E-state index is 0. The summed E-state index contributed by atoms with van der Waals surface area (Å²) in [4.78, 5) is 18.8. The van der Waals surface area contributed by atoms with Crippen LogP contribution in [0.3, 0.4) is 0 Å². The van der Waals surface area contributed by atoms with Gasteiger partial charge in [0.05, 0.1) is 5.69 Å². The van der Waals surface area contributed by atoms with Crippen LogP contribution in [0.4, 0.5) is 0 Å². The minimum Gasteiger partial charge on any atom is -0.337 e. The van der Waals surface area contributed by atoms with Gasteiger partial charge >= 0.3 is 0 Å². The maximum atomic E-state index is 12.7. The van der Waals surface area contributed by atoms with Crippen LogP contribution in [0.2, 0.25) is 0 Å². The van der Waals surface area contributed by atoms with Crippen LogP contribution in [0.15, 0.2) is 36.8 Å². The maximum Gasteiger partial charge on any atom is 0.272 e. The Morgan fingerprint density at radius 3 is 2.68 bits per heavy atom. The van der Waals surface area contributed by atoms with Gasteiger partial charge in [-0.2, -0.15) is 5.10 Å². The second-order valence-corrected chi connectivity index (χ2v) is 5.98. The molecule has 6 nitrogen and oxygen atoms in total. The van der Waals surface area contributed by atoms with Crippen LogP contribution >= 0.6 is 24.8 Å². The molecule has 1 amide bonds. The van der Waals surface area contributed by atoms with Gasteiger partial charge in [0.1, 0.15) is 5.69 Å². The van der Waals surface area contributed by atoms with Crippen molar-refractivity contribution < 1.29 is 4.79 Å². The number of amides is 1. The Kier molecular flexibility index (Phi) is 8.89. The van der Waals surface area contributed by atoms with Crippen LogP contribution in [0.1, 0.15) is 29.8 Å². The van der Waals surface area contributed by atoms with E-state index in [0.29, 0.717) is 5.69 Å². The summed E-state index contributed by atoms with van der Waals surface area (Å²) in [5.74, 6) is 0.737. The van der Waals surface area contributed by atoms with Crippen LogP contribution in [0.25, 0.3) is 5.69 Å². The van der Waals surface area contributed by atoms with E-state index >= 15 is 0 Å². The van der Waals surface area contributed by atoms with E-state index in [9.17, 15) is 4.79 Å². The lowest BCUT2D eigenvalue weighted by Gasteiger charge is -2.31. The molecule has 0 unspecified atom stereocenters. The van der Waals surface area contributed by atoms with E-state index < -0.39 is 0 Å². The number of nitrogens with one attached hydrogen (secondary N) is 1. The highest BCUT2D eigenvalue weighted by Crippen LogP contribution is 2.21. The van der Waals surface area contributed by atoms with Crippen molar-refractivity contribution in [3.63, 3.8) is 0 Å². The van der Waals surface area contributed by atoms with Crippen LogP contribution in [-0.4, -0.2) is 52.3 Å². The third-order valence-electron chi connectivity index (χ3n) is 4.44. The van der Waals surface area contributed by atoms with Gasteiger partial charge in [-0.15, -0.1) is 24.8 Å². The average Bonchev–Trinajstić information content (AvgIpc) is 3.14. The van der Waals surface area contributed by atoms with Crippen molar-refractivity contribution >= 4 is 30.7 Å². The monoisotopic (exact) mass is 385 g/mol. The van der Waals surface area contributed by atoms with Gasteiger partial charge in [0, 0.05) is 31.7 Å².